The summed E-state index contributed by atoms with van der Waals surface area (Å²) in [7, 11) is -3.36. The van der Waals surface area contributed by atoms with Gasteiger partial charge in [-0.1, -0.05) is 133 Å². The second kappa shape index (κ2) is 11.1. The fourth-order valence-electron chi connectivity index (χ4n) is 7.54. The molecule has 1 aliphatic rings. The first-order valence-electron chi connectivity index (χ1n) is 16.7. The molecular formula is C44H29N4OP. The van der Waals surface area contributed by atoms with Crippen LogP contribution in [0.2, 0.25) is 0 Å². The normalized spacial score (nSPS) is 15.0. The molecule has 1 aliphatic heterocycles. The third kappa shape index (κ3) is 4.17. The molecule has 9 aromatic rings. The van der Waals surface area contributed by atoms with Crippen molar-refractivity contribution in [3.63, 3.8) is 0 Å². The number of fused-ring (bicyclic) bond motifs is 3. The van der Waals surface area contributed by atoms with Crippen molar-refractivity contribution in [2.45, 2.75) is 0 Å². The van der Waals surface area contributed by atoms with Crippen molar-refractivity contribution in [3.05, 3.63) is 176 Å². The van der Waals surface area contributed by atoms with Crippen molar-refractivity contribution in [1.82, 2.24) is 19.1 Å². The van der Waals surface area contributed by atoms with Crippen LogP contribution in [0, 0.1) is 0 Å². The molecule has 0 N–H and O–H groups in total. The van der Waals surface area contributed by atoms with Crippen LogP contribution < -0.4 is 15.9 Å². The molecule has 0 spiro atoms. The first kappa shape index (κ1) is 28.7. The Kier molecular flexibility index (Phi) is 6.39. The molecule has 3 heterocycles. The summed E-state index contributed by atoms with van der Waals surface area (Å²) in [5, 5.41) is 2.44. The lowest BCUT2D eigenvalue weighted by Crippen LogP contribution is -2.34. The summed E-state index contributed by atoms with van der Waals surface area (Å²) < 4.78 is 20.6. The molecule has 10 rings (SSSR count). The maximum Gasteiger partial charge on any atom is 0.175 e. The van der Waals surface area contributed by atoms with Gasteiger partial charge in [-0.15, -0.1) is 0 Å². The Morgan fingerprint density at radius 3 is 1.82 bits per heavy atom. The fourth-order valence-corrected chi connectivity index (χ4v) is 10.8. The standard InChI is InChI=1S/C44H29N4OP/c49-50(34-18-8-3-9-19-34)40-25-13-22-37-41(40)48(44(46-37)31-14-4-1-5-15-31)39-24-12-20-35(42(39)50)30-26-28-32(29-27-30)43-45-36-21-10-11-23-38(36)47(43)33-16-6-2-7-17-33/h1-29H. The molecule has 1 unspecified atom stereocenters. The maximum absolute atomic E-state index is 16.1. The number of para-hydroxylation sites is 4. The minimum atomic E-state index is -3.36. The van der Waals surface area contributed by atoms with Crippen LogP contribution in [-0.4, -0.2) is 19.1 Å². The van der Waals surface area contributed by atoms with Crippen molar-refractivity contribution in [2.75, 3.05) is 0 Å². The van der Waals surface area contributed by atoms with E-state index in [4.69, 9.17) is 9.97 Å². The highest BCUT2D eigenvalue weighted by Crippen LogP contribution is 2.52. The fraction of sp³-hybridized carbons (Fsp3) is 0. The van der Waals surface area contributed by atoms with E-state index < -0.39 is 7.14 Å². The van der Waals surface area contributed by atoms with Gasteiger partial charge in [-0.2, -0.15) is 0 Å². The Bertz CT molecular complexity index is 2770. The summed E-state index contributed by atoms with van der Waals surface area (Å²) in [5.41, 5.74) is 9.61. The van der Waals surface area contributed by atoms with E-state index >= 15 is 4.57 Å². The Hall–Kier alpha value is -6.29. The third-order valence-electron chi connectivity index (χ3n) is 9.75. The molecule has 0 bridgehead atoms. The molecule has 0 saturated heterocycles. The molecule has 6 heteroatoms. The van der Waals surface area contributed by atoms with E-state index in [0.29, 0.717) is 0 Å². The zero-order valence-corrected chi connectivity index (χ0v) is 27.8. The molecule has 7 aromatic carbocycles. The molecule has 0 fully saturated rings. The number of benzene rings is 7. The Morgan fingerprint density at radius 2 is 1.04 bits per heavy atom. The second-order valence-electron chi connectivity index (χ2n) is 12.6. The largest absolute Gasteiger partial charge is 0.308 e. The molecule has 2 aromatic heterocycles. The molecular weight excluding hydrogens is 631 g/mol. The number of aromatic nitrogens is 4. The summed E-state index contributed by atoms with van der Waals surface area (Å²) >= 11 is 0. The summed E-state index contributed by atoms with van der Waals surface area (Å²) in [6.45, 7) is 0. The van der Waals surface area contributed by atoms with Gasteiger partial charge in [0.15, 0.2) is 7.14 Å². The van der Waals surface area contributed by atoms with Gasteiger partial charge in [0.2, 0.25) is 0 Å². The van der Waals surface area contributed by atoms with Crippen molar-refractivity contribution in [3.8, 4) is 45.3 Å². The van der Waals surface area contributed by atoms with Crippen LogP contribution in [-0.2, 0) is 4.57 Å². The lowest BCUT2D eigenvalue weighted by Gasteiger charge is -2.31. The molecule has 50 heavy (non-hydrogen) atoms. The summed E-state index contributed by atoms with van der Waals surface area (Å²) in [6.07, 6.45) is 0. The lowest BCUT2D eigenvalue weighted by molar-refractivity contribution is 0.592. The van der Waals surface area contributed by atoms with Crippen LogP contribution in [0.25, 0.3) is 67.3 Å². The van der Waals surface area contributed by atoms with E-state index in [9.17, 15) is 0 Å². The molecule has 5 nitrogen and oxygen atoms in total. The van der Waals surface area contributed by atoms with Crippen LogP contribution in [0.3, 0.4) is 0 Å². The van der Waals surface area contributed by atoms with Gasteiger partial charge in [0.05, 0.1) is 33.1 Å². The average Bonchev–Trinajstić information content (AvgIpc) is 3.78. The van der Waals surface area contributed by atoms with Crippen LogP contribution in [0.4, 0.5) is 0 Å². The van der Waals surface area contributed by atoms with Gasteiger partial charge in [-0.25, -0.2) is 9.97 Å². The summed E-state index contributed by atoms with van der Waals surface area (Å²) in [6, 6.07) is 59.6. The van der Waals surface area contributed by atoms with Crippen molar-refractivity contribution >= 4 is 45.1 Å². The van der Waals surface area contributed by atoms with Gasteiger partial charge >= 0.3 is 0 Å². The summed E-state index contributed by atoms with van der Waals surface area (Å²) in [5.74, 6) is 1.71. The number of hydrogen-bond acceptors (Lipinski definition) is 3. The van der Waals surface area contributed by atoms with Crippen LogP contribution in [0.5, 0.6) is 0 Å². The molecule has 0 saturated carbocycles. The smallest absolute Gasteiger partial charge is 0.175 e. The van der Waals surface area contributed by atoms with Crippen molar-refractivity contribution in [2.24, 2.45) is 0 Å². The molecule has 0 amide bonds. The quantitative estimate of drug-likeness (QED) is 0.173. The van der Waals surface area contributed by atoms with Gasteiger partial charge in [-0.3, -0.25) is 9.13 Å². The van der Waals surface area contributed by atoms with Crippen LogP contribution >= 0.6 is 7.14 Å². The number of nitrogens with zero attached hydrogens (tertiary/aromatic N) is 4. The van der Waals surface area contributed by atoms with Gasteiger partial charge in [0.1, 0.15) is 11.6 Å². The number of hydrogen-bond donors (Lipinski definition) is 0. The summed E-state index contributed by atoms with van der Waals surface area (Å²) in [4.78, 5) is 10.2. The van der Waals surface area contributed by atoms with E-state index in [2.05, 4.69) is 106 Å². The minimum Gasteiger partial charge on any atom is -0.308 e. The Labute approximate surface area is 289 Å². The maximum atomic E-state index is 16.1. The number of imidazole rings is 2. The first-order valence-corrected chi connectivity index (χ1v) is 18.4. The van der Waals surface area contributed by atoms with Crippen LogP contribution in [0.1, 0.15) is 0 Å². The molecule has 0 aliphatic carbocycles. The zero-order chi connectivity index (χ0) is 33.2. The first-order chi connectivity index (χ1) is 24.7. The SMILES string of the molecule is O=P1(c2ccccc2)c2c(-c3ccc(-c4nc5ccccc5n4-c4ccccc4)cc3)cccc2-n2c(-c3ccccc3)nc3cccc1c32. The van der Waals surface area contributed by atoms with Crippen molar-refractivity contribution in [1.29, 1.82) is 0 Å². The van der Waals surface area contributed by atoms with Gasteiger partial charge in [0.25, 0.3) is 0 Å². The predicted molar refractivity (Wildman–Crippen MR) is 205 cm³/mol. The van der Waals surface area contributed by atoms with Crippen molar-refractivity contribution < 1.29 is 4.57 Å². The average molecular weight is 661 g/mol. The topological polar surface area (TPSA) is 52.7 Å². The van der Waals surface area contributed by atoms with Gasteiger partial charge in [-0.05, 0) is 53.6 Å². The van der Waals surface area contributed by atoms with Crippen LogP contribution in [0.15, 0.2) is 176 Å². The third-order valence-corrected chi connectivity index (χ3v) is 12.9. The predicted octanol–water partition coefficient (Wildman–Crippen LogP) is 9.32. The minimum absolute atomic E-state index is 0.808. The second-order valence-corrected chi connectivity index (χ2v) is 15.2. The lowest BCUT2D eigenvalue weighted by atomic mass is 10.0. The molecule has 236 valence electrons. The molecule has 1 atom stereocenters. The highest BCUT2D eigenvalue weighted by molar-refractivity contribution is 7.86. The highest BCUT2D eigenvalue weighted by atomic mass is 31.2. The highest BCUT2D eigenvalue weighted by Gasteiger charge is 2.41. The van der Waals surface area contributed by atoms with E-state index in [1.54, 1.807) is 0 Å². The van der Waals surface area contributed by atoms with Gasteiger partial charge in [0, 0.05) is 27.4 Å². The number of rotatable bonds is 5. The Morgan fingerprint density at radius 1 is 0.460 bits per heavy atom. The van der Waals surface area contributed by atoms with E-state index in [-0.39, 0.29) is 0 Å². The van der Waals surface area contributed by atoms with E-state index in [1.165, 1.54) is 0 Å². The Balaban J connectivity index is 1.21. The van der Waals surface area contributed by atoms with Gasteiger partial charge < -0.3 is 4.57 Å². The molecule has 0 radical (unpaired) electrons. The van der Waals surface area contributed by atoms with E-state index in [1.807, 2.05) is 78.9 Å². The monoisotopic (exact) mass is 660 g/mol. The van der Waals surface area contributed by atoms with E-state index in [0.717, 1.165) is 83.3 Å². The zero-order valence-electron chi connectivity index (χ0n) is 26.9.